The molecule has 1 aliphatic heterocycles. The number of aliphatic imine (C=N–C) groups is 1. The van der Waals surface area contributed by atoms with Crippen molar-refractivity contribution in [3.63, 3.8) is 0 Å². The Hall–Kier alpha value is -1.26. The highest BCUT2D eigenvalue weighted by Gasteiger charge is 2.53. The SMILES string of the molecule is CCNC(=NCCC(=O)NC1CCCCC1)N1CC(C)(C)C1(C)C. The van der Waals surface area contributed by atoms with Gasteiger partial charge in [-0.05, 0) is 33.6 Å². The van der Waals surface area contributed by atoms with Gasteiger partial charge in [0.2, 0.25) is 5.91 Å². The van der Waals surface area contributed by atoms with Crippen LogP contribution in [0.15, 0.2) is 4.99 Å². The minimum absolute atomic E-state index is 0.0817. The van der Waals surface area contributed by atoms with Crippen LogP contribution in [0.5, 0.6) is 0 Å². The van der Waals surface area contributed by atoms with Gasteiger partial charge in [-0.1, -0.05) is 33.1 Å². The van der Waals surface area contributed by atoms with Gasteiger partial charge >= 0.3 is 0 Å². The first-order valence-electron chi connectivity index (χ1n) is 9.63. The predicted molar refractivity (Wildman–Crippen MR) is 100 cm³/mol. The molecule has 0 spiro atoms. The van der Waals surface area contributed by atoms with Crippen molar-refractivity contribution in [2.24, 2.45) is 10.4 Å². The van der Waals surface area contributed by atoms with Gasteiger partial charge in [0.15, 0.2) is 5.96 Å². The van der Waals surface area contributed by atoms with Gasteiger partial charge in [-0.25, -0.2) is 0 Å². The highest BCUT2D eigenvalue weighted by atomic mass is 16.1. The average molecular weight is 337 g/mol. The second-order valence-electron chi connectivity index (χ2n) is 8.42. The Bertz CT molecular complexity index is 464. The Morgan fingerprint density at radius 3 is 2.38 bits per heavy atom. The number of hydrogen-bond donors (Lipinski definition) is 2. The van der Waals surface area contributed by atoms with Crippen molar-refractivity contribution in [1.29, 1.82) is 0 Å². The minimum atomic E-state index is 0.0817. The van der Waals surface area contributed by atoms with Crippen molar-refractivity contribution >= 4 is 11.9 Å². The summed E-state index contributed by atoms with van der Waals surface area (Å²) in [4.78, 5) is 19.1. The van der Waals surface area contributed by atoms with Crippen LogP contribution in [0.4, 0.5) is 0 Å². The third kappa shape index (κ3) is 4.22. The summed E-state index contributed by atoms with van der Waals surface area (Å²) in [6.45, 7) is 13.6. The molecule has 24 heavy (non-hydrogen) atoms. The van der Waals surface area contributed by atoms with Gasteiger partial charge in [-0.3, -0.25) is 9.79 Å². The number of nitrogens with zero attached hydrogens (tertiary/aromatic N) is 2. The summed E-state index contributed by atoms with van der Waals surface area (Å²) in [6.07, 6.45) is 6.54. The Labute approximate surface area is 147 Å². The smallest absolute Gasteiger partial charge is 0.222 e. The lowest BCUT2D eigenvalue weighted by Crippen LogP contribution is -2.72. The molecule has 0 atom stereocenters. The maximum absolute atomic E-state index is 12.1. The fraction of sp³-hybridized carbons (Fsp3) is 0.895. The van der Waals surface area contributed by atoms with E-state index in [2.05, 4.69) is 50.2 Å². The van der Waals surface area contributed by atoms with Crippen LogP contribution < -0.4 is 10.6 Å². The highest BCUT2D eigenvalue weighted by Crippen LogP contribution is 2.46. The molecular formula is C19H36N4O. The van der Waals surface area contributed by atoms with Crippen LogP contribution in [-0.4, -0.2) is 48.0 Å². The summed E-state index contributed by atoms with van der Waals surface area (Å²) in [7, 11) is 0. The lowest BCUT2D eigenvalue weighted by molar-refractivity contribution is -0.121. The average Bonchev–Trinajstić information content (AvgIpc) is 2.53. The zero-order valence-electron chi connectivity index (χ0n) is 16.2. The molecule has 2 rings (SSSR count). The second-order valence-corrected chi connectivity index (χ2v) is 8.42. The van der Waals surface area contributed by atoms with E-state index in [1.54, 1.807) is 0 Å². The summed E-state index contributed by atoms with van der Waals surface area (Å²) in [6, 6.07) is 0.388. The van der Waals surface area contributed by atoms with E-state index in [9.17, 15) is 4.79 Å². The lowest BCUT2D eigenvalue weighted by atomic mass is 9.65. The van der Waals surface area contributed by atoms with Crippen LogP contribution >= 0.6 is 0 Å². The molecular weight excluding hydrogens is 300 g/mol. The normalized spacial score (nSPS) is 23.5. The van der Waals surface area contributed by atoms with Crippen LogP contribution in [0, 0.1) is 5.41 Å². The number of amides is 1. The summed E-state index contributed by atoms with van der Waals surface area (Å²) in [5, 5.41) is 6.55. The number of guanidine groups is 1. The molecule has 5 heteroatoms. The zero-order valence-corrected chi connectivity index (χ0v) is 16.2. The van der Waals surface area contributed by atoms with Gasteiger partial charge in [-0.15, -0.1) is 0 Å². The molecule has 1 saturated heterocycles. The predicted octanol–water partition coefficient (Wildman–Crippen LogP) is 2.91. The molecule has 1 saturated carbocycles. The molecule has 1 heterocycles. The highest BCUT2D eigenvalue weighted by molar-refractivity contribution is 5.82. The van der Waals surface area contributed by atoms with Gasteiger partial charge in [0.25, 0.3) is 0 Å². The fourth-order valence-electron chi connectivity index (χ4n) is 3.61. The third-order valence-electron chi connectivity index (χ3n) is 6.05. The van der Waals surface area contributed by atoms with Gasteiger partial charge in [-0.2, -0.15) is 0 Å². The summed E-state index contributed by atoms with van der Waals surface area (Å²) < 4.78 is 0. The quantitative estimate of drug-likeness (QED) is 0.599. The standard InChI is InChI=1S/C19H36N4O/c1-6-20-17(23-14-18(2,3)19(23,4)5)21-13-12-16(24)22-15-10-8-7-9-11-15/h15H,6-14H2,1-5H3,(H,20,21)(H,22,24). The summed E-state index contributed by atoms with van der Waals surface area (Å²) >= 11 is 0. The molecule has 5 nitrogen and oxygen atoms in total. The monoisotopic (exact) mass is 336 g/mol. The van der Waals surface area contributed by atoms with Crippen molar-refractivity contribution in [3.8, 4) is 0 Å². The second kappa shape index (κ2) is 7.75. The molecule has 1 amide bonds. The van der Waals surface area contributed by atoms with Crippen molar-refractivity contribution in [3.05, 3.63) is 0 Å². The lowest BCUT2D eigenvalue weighted by Gasteiger charge is -2.62. The maximum atomic E-state index is 12.1. The van der Waals surface area contributed by atoms with Crippen LogP contribution in [0.3, 0.4) is 0 Å². The van der Waals surface area contributed by atoms with E-state index in [1.165, 1.54) is 19.3 Å². The number of carbonyl (C=O) groups excluding carboxylic acids is 1. The Kier molecular flexibility index (Phi) is 6.16. The molecule has 0 bridgehead atoms. The molecule has 0 aromatic carbocycles. The fourth-order valence-corrected chi connectivity index (χ4v) is 3.61. The Morgan fingerprint density at radius 2 is 1.83 bits per heavy atom. The Morgan fingerprint density at radius 1 is 1.17 bits per heavy atom. The van der Waals surface area contributed by atoms with E-state index in [-0.39, 0.29) is 16.9 Å². The van der Waals surface area contributed by atoms with Crippen LogP contribution in [-0.2, 0) is 4.79 Å². The first-order valence-corrected chi connectivity index (χ1v) is 9.63. The van der Waals surface area contributed by atoms with Crippen LogP contribution in [0.1, 0.15) is 73.1 Å². The maximum Gasteiger partial charge on any atom is 0.222 e. The van der Waals surface area contributed by atoms with Gasteiger partial charge in [0, 0.05) is 36.5 Å². The van der Waals surface area contributed by atoms with Crippen LogP contribution in [0.2, 0.25) is 0 Å². The van der Waals surface area contributed by atoms with E-state index < -0.39 is 0 Å². The molecule has 1 aliphatic carbocycles. The largest absolute Gasteiger partial charge is 0.356 e. The van der Waals surface area contributed by atoms with Gasteiger partial charge < -0.3 is 15.5 Å². The molecule has 2 aliphatic rings. The molecule has 0 aromatic heterocycles. The van der Waals surface area contributed by atoms with Crippen molar-refractivity contribution in [2.45, 2.75) is 84.7 Å². The van der Waals surface area contributed by atoms with Crippen molar-refractivity contribution < 1.29 is 4.79 Å². The van der Waals surface area contributed by atoms with Crippen molar-refractivity contribution in [2.75, 3.05) is 19.6 Å². The third-order valence-corrected chi connectivity index (χ3v) is 6.05. The molecule has 138 valence electrons. The van der Waals surface area contributed by atoms with Gasteiger partial charge in [0.05, 0.1) is 6.54 Å². The van der Waals surface area contributed by atoms with E-state index in [0.717, 1.165) is 31.9 Å². The zero-order chi connectivity index (χ0) is 17.8. The number of nitrogens with one attached hydrogen (secondary N) is 2. The number of rotatable bonds is 5. The topological polar surface area (TPSA) is 56.7 Å². The summed E-state index contributed by atoms with van der Waals surface area (Å²) in [5.74, 6) is 1.08. The molecule has 0 unspecified atom stereocenters. The van der Waals surface area contributed by atoms with Crippen LogP contribution in [0.25, 0.3) is 0 Å². The van der Waals surface area contributed by atoms with Gasteiger partial charge in [0.1, 0.15) is 0 Å². The number of carbonyl (C=O) groups is 1. The minimum Gasteiger partial charge on any atom is -0.356 e. The van der Waals surface area contributed by atoms with E-state index in [1.807, 2.05) is 0 Å². The first kappa shape index (κ1) is 19.1. The number of hydrogen-bond acceptors (Lipinski definition) is 2. The molecule has 0 radical (unpaired) electrons. The molecule has 2 N–H and O–H groups in total. The summed E-state index contributed by atoms with van der Waals surface area (Å²) in [5.41, 5.74) is 0.361. The van der Waals surface area contributed by atoms with E-state index >= 15 is 0 Å². The van der Waals surface area contributed by atoms with E-state index in [4.69, 9.17) is 4.99 Å². The molecule has 0 aromatic rings. The molecule has 2 fully saturated rings. The number of likely N-dealkylation sites (tertiary alicyclic amines) is 1. The van der Waals surface area contributed by atoms with E-state index in [0.29, 0.717) is 19.0 Å². The first-order chi connectivity index (χ1) is 11.3. The Balaban J connectivity index is 1.84. The van der Waals surface area contributed by atoms with Crippen molar-refractivity contribution in [1.82, 2.24) is 15.5 Å².